The summed E-state index contributed by atoms with van der Waals surface area (Å²) in [6, 6.07) is 0. The summed E-state index contributed by atoms with van der Waals surface area (Å²) in [5.74, 6) is 0. The predicted molar refractivity (Wildman–Crippen MR) is 34.0 cm³/mol. The van der Waals surface area contributed by atoms with Crippen molar-refractivity contribution in [2.75, 3.05) is 0 Å². The fraction of sp³-hybridized carbons (Fsp3) is 0.200. The van der Waals surface area contributed by atoms with E-state index < -0.39 is 0 Å². The number of rotatable bonds is 0. The first-order chi connectivity index (χ1) is 2.50. The average molecular weight is 100 g/mol. The highest BCUT2D eigenvalue weighted by Gasteiger charge is 1.72. The smallest absolute Gasteiger partial charge is 0.0163 e. The molecule has 0 aromatic carbocycles. The summed E-state index contributed by atoms with van der Waals surface area (Å²) in [6.45, 7) is 0. The largest absolute Gasteiger partial charge is 0.153 e. The number of hydrogen-bond acceptors (Lipinski definition) is 0. The van der Waals surface area contributed by atoms with Gasteiger partial charge in [-0.2, -0.15) is 9.90 Å². The topological polar surface area (TPSA) is 0 Å². The molecule has 1 atom stereocenters. The third-order valence-corrected chi connectivity index (χ3v) is 0.655. The zero-order valence-corrected chi connectivity index (χ0v) is 5.14. The number of allylic oxidation sites excluding steroid dienone is 4. The molecule has 0 amide bonds. The van der Waals surface area contributed by atoms with Crippen LogP contribution in [0.15, 0.2) is 24.3 Å². The van der Waals surface area contributed by atoms with Crippen LogP contribution in [0.2, 0.25) is 0 Å². The maximum atomic E-state index is 2.12. The highest BCUT2D eigenvalue weighted by molar-refractivity contribution is 6.92. The number of hydrogen-bond donors (Lipinski definition) is 0. The van der Waals surface area contributed by atoms with Crippen LogP contribution in [-0.4, -0.2) is 0 Å². The van der Waals surface area contributed by atoms with Crippen LogP contribution in [0.5, 0.6) is 0 Å². The van der Waals surface area contributed by atoms with Crippen LogP contribution in [0.3, 0.4) is 0 Å². The average Bonchev–Trinajstić information content (AvgIpc) is 1.76. The molecule has 1 unspecified atom stereocenters. The first kappa shape index (κ1) is 5.91. The zero-order chi connectivity index (χ0) is 3.54. The van der Waals surface area contributed by atoms with E-state index in [1.165, 1.54) is 0 Å². The van der Waals surface area contributed by atoms with Gasteiger partial charge in [0.2, 0.25) is 0 Å². The molecule has 0 heterocycles. The fourth-order valence-corrected chi connectivity index (χ4v) is 0.393. The molecule has 0 spiro atoms. The summed E-state index contributed by atoms with van der Waals surface area (Å²) in [7, 11) is 0. The molecule has 0 saturated carbocycles. The zero-order valence-electron chi connectivity index (χ0n) is 3.72. The van der Waals surface area contributed by atoms with Crippen molar-refractivity contribution in [2.45, 2.75) is 6.42 Å². The predicted octanol–water partition coefficient (Wildman–Crippen LogP) is 1.56. The van der Waals surface area contributed by atoms with E-state index in [1.54, 1.807) is 0 Å². The lowest BCUT2D eigenvalue weighted by Crippen LogP contribution is -1.37. The van der Waals surface area contributed by atoms with Gasteiger partial charge in [0.15, 0.2) is 0 Å². The Labute approximate surface area is 41.6 Å². The molecule has 0 saturated heterocycles. The van der Waals surface area contributed by atoms with Crippen LogP contribution >= 0.6 is 9.90 Å². The lowest BCUT2D eigenvalue weighted by Gasteiger charge is -1.57. The quantitative estimate of drug-likeness (QED) is 0.405. The van der Waals surface area contributed by atoms with Gasteiger partial charge in [-0.3, -0.25) is 0 Å². The second-order valence-electron chi connectivity index (χ2n) is 1.09. The third kappa shape index (κ3) is 1.37. The molecule has 0 aromatic heterocycles. The van der Waals surface area contributed by atoms with Crippen LogP contribution < -0.4 is 0 Å². The van der Waals surface area contributed by atoms with Crippen molar-refractivity contribution in [1.82, 2.24) is 0 Å². The molecule has 0 fully saturated rings. The Hall–Kier alpha value is -0.0900. The van der Waals surface area contributed by atoms with Crippen LogP contribution in [0.1, 0.15) is 6.42 Å². The molecular formula is C5H9P. The second-order valence-corrected chi connectivity index (χ2v) is 1.09. The molecule has 0 N–H and O–H groups in total. The van der Waals surface area contributed by atoms with Crippen molar-refractivity contribution in [2.24, 2.45) is 0 Å². The van der Waals surface area contributed by atoms with Crippen LogP contribution in [0.4, 0.5) is 0 Å². The van der Waals surface area contributed by atoms with Crippen LogP contribution in [0, 0.1) is 0 Å². The molecule has 0 bridgehead atoms. The van der Waals surface area contributed by atoms with Crippen LogP contribution in [-0.2, 0) is 0 Å². The van der Waals surface area contributed by atoms with Gasteiger partial charge in [0.1, 0.15) is 0 Å². The van der Waals surface area contributed by atoms with Gasteiger partial charge in [0, 0.05) is 0 Å². The summed E-state index contributed by atoms with van der Waals surface area (Å²) in [5.41, 5.74) is 0. The van der Waals surface area contributed by atoms with Crippen molar-refractivity contribution in [1.29, 1.82) is 0 Å². The minimum absolute atomic E-state index is 0. The maximum Gasteiger partial charge on any atom is -0.0163 e. The van der Waals surface area contributed by atoms with E-state index in [0.29, 0.717) is 0 Å². The molecule has 0 nitrogen and oxygen atoms in total. The molecular weight excluding hydrogens is 91.0 g/mol. The van der Waals surface area contributed by atoms with Crippen LogP contribution in [0.25, 0.3) is 0 Å². The van der Waals surface area contributed by atoms with E-state index in [-0.39, 0.29) is 9.90 Å². The Balaban J connectivity index is 0.000000250. The molecule has 1 aliphatic carbocycles. The summed E-state index contributed by atoms with van der Waals surface area (Å²) >= 11 is 0. The summed E-state index contributed by atoms with van der Waals surface area (Å²) < 4.78 is 0. The standard InChI is InChI=1S/C5H6.H3P/c1-2-4-5-3-1;/h1-4H,5H2;1H3. The molecule has 1 rings (SSSR count). The summed E-state index contributed by atoms with van der Waals surface area (Å²) in [5, 5.41) is 0. The van der Waals surface area contributed by atoms with E-state index in [0.717, 1.165) is 6.42 Å². The van der Waals surface area contributed by atoms with Crippen molar-refractivity contribution < 1.29 is 0 Å². The summed E-state index contributed by atoms with van der Waals surface area (Å²) in [4.78, 5) is 0. The van der Waals surface area contributed by atoms with Gasteiger partial charge in [0.25, 0.3) is 0 Å². The molecule has 0 radical (unpaired) electrons. The maximum absolute atomic E-state index is 2.12. The van der Waals surface area contributed by atoms with Gasteiger partial charge in [-0.05, 0) is 6.42 Å². The van der Waals surface area contributed by atoms with Gasteiger partial charge >= 0.3 is 0 Å². The molecule has 0 aliphatic heterocycles. The van der Waals surface area contributed by atoms with E-state index >= 15 is 0 Å². The van der Waals surface area contributed by atoms with Gasteiger partial charge in [-0.15, -0.1) is 0 Å². The molecule has 1 aliphatic rings. The second kappa shape index (κ2) is 3.11. The lowest BCUT2D eigenvalue weighted by atomic mass is 10.5. The van der Waals surface area contributed by atoms with Crippen molar-refractivity contribution in [3.05, 3.63) is 24.3 Å². The van der Waals surface area contributed by atoms with E-state index in [9.17, 15) is 0 Å². The van der Waals surface area contributed by atoms with Gasteiger partial charge in [-0.25, -0.2) is 0 Å². The van der Waals surface area contributed by atoms with E-state index in [2.05, 4.69) is 24.3 Å². The monoisotopic (exact) mass is 100 g/mol. The van der Waals surface area contributed by atoms with Gasteiger partial charge < -0.3 is 0 Å². The first-order valence-electron chi connectivity index (χ1n) is 1.82. The Bertz CT molecular complexity index is 62.0. The highest BCUT2D eigenvalue weighted by Crippen LogP contribution is 1.93. The van der Waals surface area contributed by atoms with Crippen molar-refractivity contribution in [3.8, 4) is 0 Å². The highest BCUT2D eigenvalue weighted by atomic mass is 31.0. The minimum atomic E-state index is 0. The van der Waals surface area contributed by atoms with Crippen molar-refractivity contribution >= 4 is 9.90 Å². The molecule has 34 valence electrons. The van der Waals surface area contributed by atoms with Crippen molar-refractivity contribution in [3.63, 3.8) is 0 Å². The first-order valence-corrected chi connectivity index (χ1v) is 1.82. The third-order valence-electron chi connectivity index (χ3n) is 0.655. The molecule has 1 heteroatoms. The van der Waals surface area contributed by atoms with Gasteiger partial charge in [-0.1, -0.05) is 24.3 Å². The lowest BCUT2D eigenvalue weighted by molar-refractivity contribution is 1.45. The fourth-order valence-electron chi connectivity index (χ4n) is 0.393. The van der Waals surface area contributed by atoms with E-state index in [1.807, 2.05) is 0 Å². The Morgan fingerprint density at radius 3 is 1.67 bits per heavy atom. The Kier molecular flexibility index (Phi) is 3.07. The normalized spacial score (nSPS) is 14.7. The molecule has 6 heavy (non-hydrogen) atoms. The van der Waals surface area contributed by atoms with Gasteiger partial charge in [0.05, 0.1) is 0 Å². The van der Waals surface area contributed by atoms with E-state index in [4.69, 9.17) is 0 Å². The SMILES string of the molecule is C1=CCC=C1.P. The summed E-state index contributed by atoms with van der Waals surface area (Å²) in [6.07, 6.45) is 9.50. The Morgan fingerprint density at radius 1 is 1.00 bits per heavy atom. The molecule has 0 aromatic rings. The Morgan fingerprint density at radius 2 is 1.50 bits per heavy atom. The minimum Gasteiger partial charge on any atom is -0.153 e.